The second-order valence-corrected chi connectivity index (χ2v) is 4.95. The fraction of sp³-hybridized carbons (Fsp3) is 0.357. The maximum absolute atomic E-state index is 11.1. The van der Waals surface area contributed by atoms with E-state index in [1.807, 2.05) is 30.3 Å². The summed E-state index contributed by atoms with van der Waals surface area (Å²) in [7, 11) is 0. The average Bonchev–Trinajstić information content (AvgIpc) is 2.98. The van der Waals surface area contributed by atoms with Crippen molar-refractivity contribution in [1.29, 1.82) is 0 Å². The Hall–Kier alpha value is -2.21. The van der Waals surface area contributed by atoms with E-state index < -0.39 is 12.0 Å². The molecule has 3 rings (SSSR count). The number of para-hydroxylation sites is 1. The highest BCUT2D eigenvalue weighted by Gasteiger charge is 2.29. The molecule has 2 N–H and O–H groups in total. The number of benzene rings is 1. The minimum atomic E-state index is -0.798. The number of hydrogen-bond acceptors (Lipinski definition) is 4. The van der Waals surface area contributed by atoms with Crippen LogP contribution in [0.25, 0.3) is 5.69 Å². The van der Waals surface area contributed by atoms with Crippen molar-refractivity contribution in [2.45, 2.75) is 31.3 Å². The van der Waals surface area contributed by atoms with Crippen LogP contribution in [-0.2, 0) is 4.79 Å². The quantitative estimate of drug-likeness (QED) is 0.885. The van der Waals surface area contributed by atoms with Crippen LogP contribution in [0.4, 0.5) is 0 Å². The lowest BCUT2D eigenvalue weighted by molar-refractivity contribution is -0.140. The van der Waals surface area contributed by atoms with Crippen molar-refractivity contribution in [1.82, 2.24) is 20.3 Å². The van der Waals surface area contributed by atoms with E-state index in [2.05, 4.69) is 15.6 Å². The Labute approximate surface area is 116 Å². The second-order valence-electron chi connectivity index (χ2n) is 4.95. The number of nitrogens with zero attached hydrogens (tertiary/aromatic N) is 3. The van der Waals surface area contributed by atoms with Gasteiger partial charge in [0.25, 0.3) is 0 Å². The highest BCUT2D eigenvalue weighted by atomic mass is 16.4. The summed E-state index contributed by atoms with van der Waals surface area (Å²) in [5.41, 5.74) is 1.83. The van der Waals surface area contributed by atoms with E-state index >= 15 is 0 Å². The molecule has 1 aliphatic heterocycles. The molecular weight excluding hydrogens is 256 g/mol. The van der Waals surface area contributed by atoms with Gasteiger partial charge < -0.3 is 5.11 Å². The monoisotopic (exact) mass is 272 g/mol. The average molecular weight is 272 g/mol. The molecule has 1 aromatic carbocycles. The molecule has 0 saturated carbocycles. The fourth-order valence-corrected chi connectivity index (χ4v) is 2.61. The van der Waals surface area contributed by atoms with Crippen LogP contribution in [0.15, 0.2) is 36.5 Å². The number of piperidine rings is 1. The third-order valence-corrected chi connectivity index (χ3v) is 3.62. The first-order valence-electron chi connectivity index (χ1n) is 6.70. The Morgan fingerprint density at radius 3 is 2.85 bits per heavy atom. The number of hydrogen-bond donors (Lipinski definition) is 2. The van der Waals surface area contributed by atoms with Gasteiger partial charge in [-0.25, -0.2) is 4.68 Å². The predicted molar refractivity (Wildman–Crippen MR) is 72.5 cm³/mol. The molecule has 6 nitrogen and oxygen atoms in total. The van der Waals surface area contributed by atoms with Gasteiger partial charge in [-0.15, -0.1) is 5.10 Å². The number of rotatable bonds is 3. The van der Waals surface area contributed by atoms with Gasteiger partial charge in [0.15, 0.2) is 0 Å². The van der Waals surface area contributed by atoms with Crippen molar-refractivity contribution in [2.75, 3.05) is 0 Å². The summed E-state index contributed by atoms with van der Waals surface area (Å²) in [4.78, 5) is 11.1. The van der Waals surface area contributed by atoms with Crippen LogP contribution >= 0.6 is 0 Å². The van der Waals surface area contributed by atoms with Crippen molar-refractivity contribution in [3.05, 3.63) is 42.2 Å². The topological polar surface area (TPSA) is 80.0 Å². The summed E-state index contributed by atoms with van der Waals surface area (Å²) in [5.74, 6) is -0.798. The van der Waals surface area contributed by atoms with E-state index in [1.54, 1.807) is 10.9 Å². The molecular formula is C14H16N4O2. The number of aromatic nitrogens is 3. The first kappa shape index (κ1) is 12.8. The van der Waals surface area contributed by atoms with Gasteiger partial charge in [-0.3, -0.25) is 10.1 Å². The van der Waals surface area contributed by atoms with Gasteiger partial charge in [-0.05, 0) is 31.4 Å². The smallest absolute Gasteiger partial charge is 0.320 e. The molecule has 2 aromatic rings. The zero-order valence-corrected chi connectivity index (χ0v) is 10.9. The summed E-state index contributed by atoms with van der Waals surface area (Å²) in [5, 5.41) is 20.4. The Kier molecular flexibility index (Phi) is 3.47. The fourth-order valence-electron chi connectivity index (χ4n) is 2.61. The maximum Gasteiger partial charge on any atom is 0.320 e. The number of aliphatic carboxylic acids is 1. The highest BCUT2D eigenvalue weighted by molar-refractivity contribution is 5.73. The van der Waals surface area contributed by atoms with Gasteiger partial charge in [0.2, 0.25) is 0 Å². The van der Waals surface area contributed by atoms with Gasteiger partial charge in [0, 0.05) is 0 Å². The Morgan fingerprint density at radius 1 is 1.30 bits per heavy atom. The van der Waals surface area contributed by atoms with Gasteiger partial charge in [0.05, 0.1) is 23.6 Å². The second kappa shape index (κ2) is 5.42. The van der Waals surface area contributed by atoms with Crippen LogP contribution in [0.3, 0.4) is 0 Å². The lowest BCUT2D eigenvalue weighted by atomic mass is 9.96. The van der Waals surface area contributed by atoms with Crippen LogP contribution in [0.5, 0.6) is 0 Å². The molecule has 0 aliphatic carbocycles. The maximum atomic E-state index is 11.1. The molecule has 104 valence electrons. The van der Waals surface area contributed by atoms with E-state index in [4.69, 9.17) is 5.11 Å². The summed E-state index contributed by atoms with van der Waals surface area (Å²) in [6.07, 6.45) is 4.15. The Morgan fingerprint density at radius 2 is 2.10 bits per heavy atom. The number of carbonyl (C=O) groups is 1. The van der Waals surface area contributed by atoms with E-state index in [-0.39, 0.29) is 6.04 Å². The summed E-state index contributed by atoms with van der Waals surface area (Å²) in [6, 6.07) is 9.21. The molecule has 0 radical (unpaired) electrons. The van der Waals surface area contributed by atoms with E-state index in [0.29, 0.717) is 6.42 Å². The molecule has 2 unspecified atom stereocenters. The largest absolute Gasteiger partial charge is 0.480 e. The van der Waals surface area contributed by atoms with Crippen LogP contribution in [0.1, 0.15) is 31.0 Å². The lowest BCUT2D eigenvalue weighted by Gasteiger charge is -2.28. The van der Waals surface area contributed by atoms with Crippen LogP contribution < -0.4 is 5.32 Å². The van der Waals surface area contributed by atoms with Crippen molar-refractivity contribution in [3.63, 3.8) is 0 Å². The molecule has 1 aromatic heterocycles. The summed E-state index contributed by atoms with van der Waals surface area (Å²) < 4.78 is 1.77. The molecule has 0 spiro atoms. The molecule has 1 saturated heterocycles. The van der Waals surface area contributed by atoms with E-state index in [0.717, 1.165) is 24.2 Å². The van der Waals surface area contributed by atoms with Gasteiger partial charge in [-0.1, -0.05) is 23.4 Å². The minimum absolute atomic E-state index is 0.0277. The van der Waals surface area contributed by atoms with Crippen LogP contribution in [0, 0.1) is 0 Å². The Bertz CT molecular complexity index is 596. The number of carboxylic acid groups (broad SMARTS) is 1. The first-order chi connectivity index (χ1) is 9.75. The minimum Gasteiger partial charge on any atom is -0.480 e. The van der Waals surface area contributed by atoms with E-state index in [1.165, 1.54) is 0 Å². The highest BCUT2D eigenvalue weighted by Crippen LogP contribution is 2.26. The third-order valence-electron chi connectivity index (χ3n) is 3.62. The Balaban J connectivity index is 1.88. The molecule has 20 heavy (non-hydrogen) atoms. The van der Waals surface area contributed by atoms with E-state index in [9.17, 15) is 4.79 Å². The molecule has 2 heterocycles. The molecule has 0 bridgehead atoms. The molecule has 1 fully saturated rings. The predicted octanol–water partition coefficient (Wildman–Crippen LogP) is 1.54. The zero-order chi connectivity index (χ0) is 13.9. The van der Waals surface area contributed by atoms with Crippen LogP contribution in [-0.4, -0.2) is 32.1 Å². The van der Waals surface area contributed by atoms with Crippen molar-refractivity contribution in [3.8, 4) is 5.69 Å². The number of nitrogens with one attached hydrogen (secondary N) is 1. The SMILES string of the molecule is O=C(O)C1CCCC(c2cnnn2-c2ccccc2)N1. The van der Waals surface area contributed by atoms with Crippen LogP contribution in [0.2, 0.25) is 0 Å². The van der Waals surface area contributed by atoms with Crippen molar-refractivity contribution >= 4 is 5.97 Å². The zero-order valence-electron chi connectivity index (χ0n) is 10.9. The molecule has 1 aliphatic rings. The molecule has 0 amide bonds. The van der Waals surface area contributed by atoms with Gasteiger partial charge in [-0.2, -0.15) is 0 Å². The van der Waals surface area contributed by atoms with Gasteiger partial charge in [0.1, 0.15) is 6.04 Å². The lowest BCUT2D eigenvalue weighted by Crippen LogP contribution is -2.42. The molecule has 2 atom stereocenters. The summed E-state index contributed by atoms with van der Waals surface area (Å²) >= 11 is 0. The third kappa shape index (κ3) is 2.42. The van der Waals surface area contributed by atoms with Crippen molar-refractivity contribution < 1.29 is 9.90 Å². The normalized spacial score (nSPS) is 22.6. The number of carboxylic acids is 1. The molecule has 6 heteroatoms. The standard InChI is InChI=1S/C14H16N4O2/c19-14(20)12-8-4-7-11(16-12)13-9-15-17-18(13)10-5-2-1-3-6-10/h1-3,5-6,9,11-12,16H,4,7-8H2,(H,19,20). The van der Waals surface area contributed by atoms with Crippen molar-refractivity contribution in [2.24, 2.45) is 0 Å². The van der Waals surface area contributed by atoms with Gasteiger partial charge >= 0.3 is 5.97 Å². The first-order valence-corrected chi connectivity index (χ1v) is 6.70. The summed E-state index contributed by atoms with van der Waals surface area (Å²) in [6.45, 7) is 0.